The Kier molecular flexibility index (Phi) is 40.0. The molecule has 0 aromatic rings. The highest BCUT2D eigenvalue weighted by Crippen LogP contribution is 2.43. The lowest BCUT2D eigenvalue weighted by Gasteiger charge is -2.24. The first-order chi connectivity index (χ1) is 29.0. The van der Waals surface area contributed by atoms with E-state index in [0.29, 0.717) is 23.9 Å². The molecule has 0 radical (unpaired) electrons. The van der Waals surface area contributed by atoms with E-state index in [1.807, 2.05) is 21.1 Å². The molecule has 0 aromatic carbocycles. The maximum Gasteiger partial charge on any atom is 0.472 e. The predicted octanol–water partition coefficient (Wildman–Crippen LogP) is 13.8. The van der Waals surface area contributed by atoms with E-state index >= 15 is 0 Å². The quantitative estimate of drug-likeness (QED) is 0.0212. The van der Waals surface area contributed by atoms with Crippen molar-refractivity contribution in [3.8, 4) is 0 Å². The van der Waals surface area contributed by atoms with Gasteiger partial charge in [0.15, 0.2) is 6.10 Å². The first-order valence-corrected chi connectivity index (χ1v) is 25.2. The van der Waals surface area contributed by atoms with Crippen LogP contribution >= 0.6 is 7.82 Å². The summed E-state index contributed by atoms with van der Waals surface area (Å²) in [5, 5.41) is 0. The van der Waals surface area contributed by atoms with E-state index < -0.39 is 32.5 Å². The maximum atomic E-state index is 12.7. The molecule has 10 heteroatoms. The standard InChI is InChI=1S/C50H88NO8P/c1-6-8-10-12-14-16-18-20-22-24-25-27-29-31-33-35-37-39-41-43-50(53)59-48(47-58-60(54,55)57-45-44-51(3,4)5)46-56-49(52)42-40-38-36-34-32-30-28-26-23-21-19-17-15-13-11-9-7-2/h14,16,20,22,25,27-28,30-31,33-34,36,48H,6-13,15,17-19,21,23-24,26,29,32,35,37-47H2,1-5H3/p+1/b16-14+,22-20+,27-25+,30-28+,33-31+,36-34+/t48-/m1/s1. The summed E-state index contributed by atoms with van der Waals surface area (Å²) in [4.78, 5) is 35.4. The molecule has 0 rings (SSSR count). The minimum Gasteiger partial charge on any atom is -0.462 e. The summed E-state index contributed by atoms with van der Waals surface area (Å²) < 4.78 is 34.3. The van der Waals surface area contributed by atoms with Gasteiger partial charge in [0.2, 0.25) is 0 Å². The first-order valence-electron chi connectivity index (χ1n) is 23.7. The van der Waals surface area contributed by atoms with E-state index in [0.717, 1.165) is 57.8 Å². The zero-order valence-corrected chi connectivity index (χ0v) is 39.8. The summed E-state index contributed by atoms with van der Waals surface area (Å²) >= 11 is 0. The van der Waals surface area contributed by atoms with E-state index in [1.165, 1.54) is 83.5 Å². The predicted molar refractivity (Wildman–Crippen MR) is 252 cm³/mol. The molecular formula is C50H89NO8P+. The van der Waals surface area contributed by atoms with E-state index in [4.69, 9.17) is 18.5 Å². The molecule has 9 nitrogen and oxygen atoms in total. The number of allylic oxidation sites excluding steroid dienone is 12. The van der Waals surface area contributed by atoms with Crippen LogP contribution in [0.5, 0.6) is 0 Å². The number of quaternary nitrogens is 1. The van der Waals surface area contributed by atoms with Gasteiger partial charge in [-0.3, -0.25) is 18.6 Å². The molecule has 1 N–H and O–H groups in total. The van der Waals surface area contributed by atoms with Gasteiger partial charge in [-0.25, -0.2) is 4.57 Å². The molecular weight excluding hydrogens is 774 g/mol. The van der Waals surface area contributed by atoms with Gasteiger partial charge in [-0.2, -0.15) is 0 Å². The maximum absolute atomic E-state index is 12.7. The van der Waals surface area contributed by atoms with Gasteiger partial charge < -0.3 is 18.9 Å². The SMILES string of the molecule is CCCCC/C=C/C/C=C/C/C=C/C/C=C/CCCCCC(=O)O[C@H](COC(=O)CCC/C=C/C/C=C/CCCCCCCCCCC)COP(=O)(O)OCC[N+](C)(C)C. The van der Waals surface area contributed by atoms with Crippen LogP contribution in [0.4, 0.5) is 0 Å². The summed E-state index contributed by atoms with van der Waals surface area (Å²) in [6.07, 6.45) is 52.5. The topological polar surface area (TPSA) is 108 Å². The highest BCUT2D eigenvalue weighted by Gasteiger charge is 2.27. The summed E-state index contributed by atoms with van der Waals surface area (Å²) in [6.45, 7) is 4.30. The molecule has 60 heavy (non-hydrogen) atoms. The zero-order chi connectivity index (χ0) is 44.3. The number of hydrogen-bond acceptors (Lipinski definition) is 7. The minimum atomic E-state index is -4.40. The minimum absolute atomic E-state index is 0.0157. The molecule has 0 bridgehead atoms. The molecule has 0 saturated carbocycles. The molecule has 2 atom stereocenters. The second kappa shape index (κ2) is 41.8. The molecule has 0 aliphatic rings. The third kappa shape index (κ3) is 45.0. The Morgan fingerprint density at radius 1 is 0.517 bits per heavy atom. The van der Waals surface area contributed by atoms with Crippen molar-refractivity contribution in [1.82, 2.24) is 0 Å². The second-order valence-corrected chi connectivity index (χ2v) is 18.2. The molecule has 0 amide bonds. The van der Waals surface area contributed by atoms with Crippen LogP contribution in [0.2, 0.25) is 0 Å². The molecule has 0 aliphatic carbocycles. The van der Waals surface area contributed by atoms with Crippen molar-refractivity contribution in [1.29, 1.82) is 0 Å². The lowest BCUT2D eigenvalue weighted by atomic mass is 10.1. The van der Waals surface area contributed by atoms with Gasteiger partial charge in [-0.05, 0) is 83.5 Å². The van der Waals surface area contributed by atoms with Gasteiger partial charge in [0, 0.05) is 12.8 Å². The monoisotopic (exact) mass is 863 g/mol. The van der Waals surface area contributed by atoms with Crippen molar-refractivity contribution in [2.45, 2.75) is 187 Å². The Bertz CT molecular complexity index is 1250. The van der Waals surface area contributed by atoms with Crippen LogP contribution < -0.4 is 0 Å². The zero-order valence-electron chi connectivity index (χ0n) is 38.9. The van der Waals surface area contributed by atoms with Gasteiger partial charge in [0.05, 0.1) is 27.7 Å². The molecule has 0 heterocycles. The number of unbranched alkanes of at least 4 members (excludes halogenated alkanes) is 16. The van der Waals surface area contributed by atoms with Crippen LogP contribution in [0.25, 0.3) is 0 Å². The highest BCUT2D eigenvalue weighted by atomic mass is 31.2. The van der Waals surface area contributed by atoms with E-state index in [-0.39, 0.29) is 26.1 Å². The Hall–Kier alpha value is -2.55. The number of carbonyl (C=O) groups is 2. The first kappa shape index (κ1) is 57.4. The molecule has 0 aromatic heterocycles. The summed E-state index contributed by atoms with van der Waals surface area (Å²) in [6, 6.07) is 0. The van der Waals surface area contributed by atoms with Crippen LogP contribution in [-0.2, 0) is 32.7 Å². The number of esters is 2. The number of rotatable bonds is 42. The van der Waals surface area contributed by atoms with Gasteiger partial charge >= 0.3 is 19.8 Å². The number of phosphoric ester groups is 1. The van der Waals surface area contributed by atoms with Gasteiger partial charge in [-0.15, -0.1) is 0 Å². The number of likely N-dealkylation sites (N-methyl/N-ethyl adjacent to an activating group) is 1. The number of hydrogen-bond donors (Lipinski definition) is 1. The summed E-state index contributed by atoms with van der Waals surface area (Å²) in [7, 11) is 1.42. The van der Waals surface area contributed by atoms with Crippen molar-refractivity contribution < 1.29 is 42.1 Å². The van der Waals surface area contributed by atoms with Crippen LogP contribution in [0.1, 0.15) is 181 Å². The molecule has 0 saturated heterocycles. The molecule has 346 valence electrons. The fourth-order valence-electron chi connectivity index (χ4n) is 5.98. The number of ether oxygens (including phenoxy) is 2. The van der Waals surface area contributed by atoms with Gasteiger partial charge in [-0.1, -0.05) is 157 Å². The summed E-state index contributed by atoms with van der Waals surface area (Å²) in [5.74, 6) is -0.892. The lowest BCUT2D eigenvalue weighted by molar-refractivity contribution is -0.870. The molecule has 1 unspecified atom stereocenters. The van der Waals surface area contributed by atoms with Crippen molar-refractivity contribution in [3.05, 3.63) is 72.9 Å². The average molecular weight is 863 g/mol. The second-order valence-electron chi connectivity index (χ2n) is 16.8. The largest absolute Gasteiger partial charge is 0.472 e. The average Bonchev–Trinajstić information content (AvgIpc) is 3.20. The van der Waals surface area contributed by atoms with Crippen molar-refractivity contribution in [3.63, 3.8) is 0 Å². The Balaban J connectivity index is 4.46. The van der Waals surface area contributed by atoms with Crippen LogP contribution in [0.3, 0.4) is 0 Å². The molecule has 0 aliphatic heterocycles. The number of phosphoric acid groups is 1. The van der Waals surface area contributed by atoms with Crippen LogP contribution in [0.15, 0.2) is 72.9 Å². The number of nitrogens with zero attached hydrogens (tertiary/aromatic N) is 1. The Morgan fingerprint density at radius 3 is 1.42 bits per heavy atom. The van der Waals surface area contributed by atoms with Gasteiger partial charge in [0.25, 0.3) is 0 Å². The molecule has 0 fully saturated rings. The van der Waals surface area contributed by atoms with Gasteiger partial charge in [0.1, 0.15) is 19.8 Å². The molecule has 0 spiro atoms. The van der Waals surface area contributed by atoms with Crippen molar-refractivity contribution in [2.24, 2.45) is 0 Å². The highest BCUT2D eigenvalue weighted by molar-refractivity contribution is 7.47. The van der Waals surface area contributed by atoms with Crippen LogP contribution in [-0.4, -0.2) is 74.9 Å². The van der Waals surface area contributed by atoms with Crippen LogP contribution in [0, 0.1) is 0 Å². The fourth-order valence-corrected chi connectivity index (χ4v) is 6.72. The Labute approximate surface area is 368 Å². The normalized spacial score (nSPS) is 14.2. The lowest BCUT2D eigenvalue weighted by Crippen LogP contribution is -2.37. The van der Waals surface area contributed by atoms with E-state index in [2.05, 4.69) is 86.8 Å². The van der Waals surface area contributed by atoms with Crippen molar-refractivity contribution in [2.75, 3.05) is 47.5 Å². The smallest absolute Gasteiger partial charge is 0.462 e. The Morgan fingerprint density at radius 2 is 0.917 bits per heavy atom. The third-order valence-corrected chi connectivity index (χ3v) is 10.7. The number of carbonyl (C=O) groups excluding carboxylic acids is 2. The summed E-state index contributed by atoms with van der Waals surface area (Å²) in [5.41, 5.74) is 0. The van der Waals surface area contributed by atoms with Crippen molar-refractivity contribution >= 4 is 19.8 Å². The fraction of sp³-hybridized carbons (Fsp3) is 0.720. The van der Waals surface area contributed by atoms with E-state index in [1.54, 1.807) is 0 Å². The third-order valence-electron chi connectivity index (χ3n) is 9.71. The van der Waals surface area contributed by atoms with E-state index in [9.17, 15) is 19.0 Å².